The number of sulfonamides is 1. The van der Waals surface area contributed by atoms with Gasteiger partial charge in [-0.05, 0) is 25.0 Å². The SMILES string of the molecule is O=C(CN1CCN(S(=O)(=O)c2ccccc2Cl)CC1)N1CCCCCC1. The highest BCUT2D eigenvalue weighted by Crippen LogP contribution is 2.25. The molecule has 2 saturated heterocycles. The monoisotopic (exact) mass is 399 g/mol. The Morgan fingerprint density at radius 3 is 2.15 bits per heavy atom. The molecular formula is C18H26ClN3O3S. The predicted octanol–water partition coefficient (Wildman–Crippen LogP) is 2.05. The van der Waals surface area contributed by atoms with Crippen LogP contribution >= 0.6 is 11.6 Å². The summed E-state index contributed by atoms with van der Waals surface area (Å²) in [5, 5.41) is 0.242. The molecule has 0 saturated carbocycles. The zero-order valence-electron chi connectivity index (χ0n) is 14.9. The van der Waals surface area contributed by atoms with Crippen LogP contribution in [0.4, 0.5) is 0 Å². The van der Waals surface area contributed by atoms with Gasteiger partial charge in [0.2, 0.25) is 15.9 Å². The Kier molecular flexibility index (Phi) is 6.55. The first-order chi connectivity index (χ1) is 12.5. The molecule has 0 N–H and O–H groups in total. The summed E-state index contributed by atoms with van der Waals surface area (Å²) >= 11 is 6.06. The number of rotatable bonds is 4. The van der Waals surface area contributed by atoms with E-state index in [1.807, 2.05) is 9.80 Å². The number of hydrogen-bond acceptors (Lipinski definition) is 4. The van der Waals surface area contributed by atoms with Crippen LogP contribution in [-0.4, -0.2) is 74.2 Å². The van der Waals surface area contributed by atoms with Gasteiger partial charge in [0.15, 0.2) is 0 Å². The average Bonchev–Trinajstić information content (AvgIpc) is 2.92. The van der Waals surface area contributed by atoms with Crippen LogP contribution in [-0.2, 0) is 14.8 Å². The van der Waals surface area contributed by atoms with Crippen molar-refractivity contribution in [2.24, 2.45) is 0 Å². The molecule has 0 atom stereocenters. The fourth-order valence-electron chi connectivity index (χ4n) is 3.53. The van der Waals surface area contributed by atoms with E-state index in [4.69, 9.17) is 11.6 Å². The molecule has 144 valence electrons. The van der Waals surface area contributed by atoms with Gasteiger partial charge in [0, 0.05) is 39.3 Å². The number of likely N-dealkylation sites (tertiary alicyclic amines) is 1. The number of benzene rings is 1. The summed E-state index contributed by atoms with van der Waals surface area (Å²) in [5.74, 6) is 0.161. The molecule has 2 heterocycles. The molecule has 0 unspecified atom stereocenters. The van der Waals surface area contributed by atoms with Gasteiger partial charge in [-0.2, -0.15) is 4.31 Å². The van der Waals surface area contributed by atoms with Gasteiger partial charge in [-0.3, -0.25) is 9.69 Å². The predicted molar refractivity (Wildman–Crippen MR) is 102 cm³/mol. The van der Waals surface area contributed by atoms with Crippen LogP contribution in [0.2, 0.25) is 5.02 Å². The molecular weight excluding hydrogens is 374 g/mol. The molecule has 1 aromatic carbocycles. The lowest BCUT2D eigenvalue weighted by Crippen LogP contribution is -2.51. The summed E-state index contributed by atoms with van der Waals surface area (Å²) in [6.07, 6.45) is 4.55. The molecule has 1 aromatic rings. The molecule has 26 heavy (non-hydrogen) atoms. The van der Waals surface area contributed by atoms with Gasteiger partial charge in [-0.15, -0.1) is 0 Å². The molecule has 1 amide bonds. The van der Waals surface area contributed by atoms with Crippen LogP contribution in [0.3, 0.4) is 0 Å². The number of amides is 1. The highest BCUT2D eigenvalue weighted by Gasteiger charge is 2.30. The smallest absolute Gasteiger partial charge is 0.244 e. The van der Waals surface area contributed by atoms with Gasteiger partial charge in [-0.25, -0.2) is 8.42 Å². The van der Waals surface area contributed by atoms with Crippen molar-refractivity contribution in [3.8, 4) is 0 Å². The largest absolute Gasteiger partial charge is 0.342 e. The maximum atomic E-state index is 12.8. The topological polar surface area (TPSA) is 60.9 Å². The van der Waals surface area contributed by atoms with E-state index < -0.39 is 10.0 Å². The van der Waals surface area contributed by atoms with E-state index in [-0.39, 0.29) is 15.8 Å². The van der Waals surface area contributed by atoms with E-state index in [2.05, 4.69) is 0 Å². The van der Waals surface area contributed by atoms with Crippen LogP contribution in [0.25, 0.3) is 0 Å². The Morgan fingerprint density at radius 2 is 1.54 bits per heavy atom. The summed E-state index contributed by atoms with van der Waals surface area (Å²) in [6.45, 7) is 3.94. The van der Waals surface area contributed by atoms with Crippen molar-refractivity contribution in [1.29, 1.82) is 0 Å². The number of hydrogen-bond donors (Lipinski definition) is 0. The third-order valence-corrected chi connectivity index (χ3v) is 7.50. The Bertz CT molecular complexity index is 725. The van der Waals surface area contributed by atoms with E-state index in [0.29, 0.717) is 32.7 Å². The molecule has 0 aliphatic carbocycles. The first kappa shape index (κ1) is 19.6. The van der Waals surface area contributed by atoms with Gasteiger partial charge in [0.05, 0.1) is 11.6 Å². The lowest BCUT2D eigenvalue weighted by atomic mass is 10.2. The van der Waals surface area contributed by atoms with E-state index in [1.54, 1.807) is 18.2 Å². The minimum absolute atomic E-state index is 0.149. The molecule has 2 fully saturated rings. The number of halogens is 1. The van der Waals surface area contributed by atoms with Gasteiger partial charge in [-0.1, -0.05) is 36.6 Å². The number of carbonyl (C=O) groups is 1. The summed E-state index contributed by atoms with van der Waals surface area (Å²) in [5.41, 5.74) is 0. The highest BCUT2D eigenvalue weighted by atomic mass is 35.5. The summed E-state index contributed by atoms with van der Waals surface area (Å²) in [4.78, 5) is 16.7. The molecule has 0 aromatic heterocycles. The molecule has 6 nitrogen and oxygen atoms in total. The second kappa shape index (κ2) is 8.69. The van der Waals surface area contributed by atoms with E-state index >= 15 is 0 Å². The summed E-state index contributed by atoms with van der Waals surface area (Å²) in [7, 11) is -3.59. The Hall–Kier alpha value is -1.15. The van der Waals surface area contributed by atoms with Gasteiger partial charge in [0.25, 0.3) is 0 Å². The van der Waals surface area contributed by atoms with E-state index in [1.165, 1.54) is 23.2 Å². The van der Waals surface area contributed by atoms with Crippen LogP contribution in [0.1, 0.15) is 25.7 Å². The number of carbonyl (C=O) groups excluding carboxylic acids is 1. The van der Waals surface area contributed by atoms with E-state index in [9.17, 15) is 13.2 Å². The molecule has 2 aliphatic rings. The number of piperazine rings is 1. The van der Waals surface area contributed by atoms with Crippen LogP contribution < -0.4 is 0 Å². The Balaban J connectivity index is 1.55. The van der Waals surface area contributed by atoms with Crippen molar-refractivity contribution in [1.82, 2.24) is 14.1 Å². The number of nitrogens with zero attached hydrogens (tertiary/aromatic N) is 3. The normalized spacial score (nSPS) is 20.7. The maximum Gasteiger partial charge on any atom is 0.244 e. The molecule has 8 heteroatoms. The first-order valence-corrected chi connectivity index (χ1v) is 11.0. The molecule has 0 spiro atoms. The van der Waals surface area contributed by atoms with Gasteiger partial charge < -0.3 is 4.90 Å². The van der Waals surface area contributed by atoms with Crippen molar-refractivity contribution < 1.29 is 13.2 Å². The van der Waals surface area contributed by atoms with Crippen molar-refractivity contribution in [3.63, 3.8) is 0 Å². The summed E-state index contributed by atoms with van der Waals surface area (Å²) < 4.78 is 27.0. The standard InChI is InChI=1S/C18H26ClN3O3S/c19-16-7-3-4-8-17(16)26(24,25)22-13-11-20(12-14-22)15-18(23)21-9-5-1-2-6-10-21/h3-4,7-8H,1-2,5-6,9-15H2. The highest BCUT2D eigenvalue weighted by molar-refractivity contribution is 7.89. The van der Waals surface area contributed by atoms with Crippen molar-refractivity contribution >= 4 is 27.5 Å². The first-order valence-electron chi connectivity index (χ1n) is 9.23. The third kappa shape index (κ3) is 4.57. The lowest BCUT2D eigenvalue weighted by Gasteiger charge is -2.34. The average molecular weight is 400 g/mol. The third-order valence-electron chi connectivity index (χ3n) is 5.10. The second-order valence-electron chi connectivity index (χ2n) is 6.91. The maximum absolute atomic E-state index is 12.8. The molecule has 0 radical (unpaired) electrons. The van der Waals surface area contributed by atoms with Crippen LogP contribution in [0.15, 0.2) is 29.2 Å². The van der Waals surface area contributed by atoms with Gasteiger partial charge in [0.1, 0.15) is 4.90 Å². The van der Waals surface area contributed by atoms with Crippen molar-refractivity contribution in [2.75, 3.05) is 45.8 Å². The molecule has 3 rings (SSSR count). The lowest BCUT2D eigenvalue weighted by molar-refractivity contribution is -0.132. The summed E-state index contributed by atoms with van der Waals surface area (Å²) in [6, 6.07) is 6.51. The quantitative estimate of drug-likeness (QED) is 0.777. The Morgan fingerprint density at radius 1 is 0.923 bits per heavy atom. The minimum atomic E-state index is -3.59. The molecule has 0 bridgehead atoms. The zero-order valence-corrected chi connectivity index (χ0v) is 16.5. The van der Waals surface area contributed by atoms with E-state index in [0.717, 1.165) is 25.9 Å². The van der Waals surface area contributed by atoms with Gasteiger partial charge >= 0.3 is 0 Å². The molecule has 2 aliphatic heterocycles. The van der Waals surface area contributed by atoms with Crippen molar-refractivity contribution in [3.05, 3.63) is 29.3 Å². The second-order valence-corrected chi connectivity index (χ2v) is 9.22. The zero-order chi connectivity index (χ0) is 18.6. The fourth-order valence-corrected chi connectivity index (χ4v) is 5.45. The van der Waals surface area contributed by atoms with Crippen molar-refractivity contribution in [2.45, 2.75) is 30.6 Å². The van der Waals surface area contributed by atoms with Crippen LogP contribution in [0, 0.1) is 0 Å². The Labute approximate surface area is 160 Å². The van der Waals surface area contributed by atoms with Crippen LogP contribution in [0.5, 0.6) is 0 Å². The minimum Gasteiger partial charge on any atom is -0.342 e. The fraction of sp³-hybridized carbons (Fsp3) is 0.611.